The minimum Gasteiger partial charge on any atom is -0.399 e. The van der Waals surface area contributed by atoms with Crippen molar-refractivity contribution in [1.82, 2.24) is 0 Å². The third kappa shape index (κ3) is 3.09. The first-order valence-electron chi connectivity index (χ1n) is 8.15. The van der Waals surface area contributed by atoms with Crippen molar-refractivity contribution < 1.29 is 4.79 Å². The number of rotatable bonds is 3. The van der Waals surface area contributed by atoms with E-state index in [4.69, 9.17) is 5.73 Å². The molecule has 0 aromatic heterocycles. The summed E-state index contributed by atoms with van der Waals surface area (Å²) < 4.78 is 0.994. The Hall–Kier alpha value is -3.05. The average Bonchev–Trinajstić information content (AvgIpc) is 2.97. The predicted octanol–water partition coefficient (Wildman–Crippen LogP) is 4.96. The fraction of sp³-hybridized carbons (Fsp3) is 0. The minimum absolute atomic E-state index is 0.144. The lowest BCUT2D eigenvalue weighted by atomic mass is 9.99. The fourth-order valence-electron chi connectivity index (χ4n) is 2.99. The number of carbonyl (C=O) groups is 1. The molecule has 0 atom stereocenters. The van der Waals surface area contributed by atoms with Crippen LogP contribution in [0.4, 0.5) is 17.1 Å². The molecule has 0 fully saturated rings. The van der Waals surface area contributed by atoms with Crippen LogP contribution in [0.3, 0.4) is 0 Å². The summed E-state index contributed by atoms with van der Waals surface area (Å²) in [6.45, 7) is 0. The van der Waals surface area contributed by atoms with Crippen molar-refractivity contribution in [3.8, 4) is 0 Å². The first-order valence-corrected chi connectivity index (χ1v) is 8.94. The molecule has 0 spiro atoms. The summed E-state index contributed by atoms with van der Waals surface area (Å²) in [6.07, 6.45) is 0. The summed E-state index contributed by atoms with van der Waals surface area (Å²) in [4.78, 5) is 12.7. The molecule has 1 aliphatic rings. The Bertz CT molecular complexity index is 1010. The Labute approximate surface area is 159 Å². The van der Waals surface area contributed by atoms with Gasteiger partial charge in [-0.15, -0.1) is 0 Å². The van der Waals surface area contributed by atoms with E-state index in [1.807, 2.05) is 66.7 Å². The number of nitrogens with one attached hydrogen (secondary N) is 2. The number of nitrogen functional groups attached to an aromatic ring is 1. The van der Waals surface area contributed by atoms with Gasteiger partial charge in [0.15, 0.2) is 0 Å². The Kier molecular flexibility index (Phi) is 4.22. The van der Waals surface area contributed by atoms with Crippen LogP contribution in [0.15, 0.2) is 77.3 Å². The molecular weight excluding hydrogens is 390 g/mol. The second kappa shape index (κ2) is 6.69. The summed E-state index contributed by atoms with van der Waals surface area (Å²) >= 11 is 3.44. The third-order valence-corrected chi connectivity index (χ3v) is 4.74. The molecule has 4 N–H and O–H groups in total. The molecule has 0 saturated carbocycles. The second-order valence-electron chi connectivity index (χ2n) is 6.01. The topological polar surface area (TPSA) is 67.1 Å². The molecule has 0 saturated heterocycles. The van der Waals surface area contributed by atoms with Gasteiger partial charge in [-0.1, -0.05) is 46.3 Å². The molecule has 0 aliphatic carbocycles. The van der Waals surface area contributed by atoms with Crippen molar-refractivity contribution in [2.75, 3.05) is 16.4 Å². The molecule has 1 amide bonds. The van der Waals surface area contributed by atoms with Crippen LogP contribution in [0.25, 0.3) is 11.3 Å². The van der Waals surface area contributed by atoms with Crippen LogP contribution in [0, 0.1) is 0 Å². The van der Waals surface area contributed by atoms with Crippen LogP contribution in [-0.4, -0.2) is 5.91 Å². The van der Waals surface area contributed by atoms with E-state index in [1.165, 1.54) is 0 Å². The van der Waals surface area contributed by atoms with Crippen LogP contribution in [0.5, 0.6) is 0 Å². The normalized spacial score (nSPS) is 14.6. The van der Waals surface area contributed by atoms with Gasteiger partial charge in [0.25, 0.3) is 5.91 Å². The zero-order chi connectivity index (χ0) is 18.1. The largest absolute Gasteiger partial charge is 0.399 e. The summed E-state index contributed by atoms with van der Waals surface area (Å²) in [5, 5.41) is 6.33. The molecule has 1 heterocycles. The Morgan fingerprint density at radius 1 is 0.962 bits per heavy atom. The van der Waals surface area contributed by atoms with Gasteiger partial charge in [-0.2, -0.15) is 0 Å². The van der Waals surface area contributed by atoms with Crippen LogP contribution < -0.4 is 16.4 Å². The maximum absolute atomic E-state index is 12.7. The van der Waals surface area contributed by atoms with E-state index in [-0.39, 0.29) is 5.91 Å². The SMILES string of the molecule is Nc1ccc2c(c1)C(=C(Nc1ccc(Br)cc1)c1ccccc1)C(=O)N2. The third-order valence-electron chi connectivity index (χ3n) is 4.21. The van der Waals surface area contributed by atoms with E-state index < -0.39 is 0 Å². The van der Waals surface area contributed by atoms with Gasteiger partial charge in [0.05, 0.1) is 11.3 Å². The van der Waals surface area contributed by atoms with Crippen molar-refractivity contribution in [1.29, 1.82) is 0 Å². The van der Waals surface area contributed by atoms with Gasteiger partial charge in [-0.05, 0) is 48.0 Å². The maximum atomic E-state index is 12.7. The molecule has 0 radical (unpaired) electrons. The smallest absolute Gasteiger partial charge is 0.258 e. The maximum Gasteiger partial charge on any atom is 0.258 e. The summed E-state index contributed by atoms with van der Waals surface area (Å²) in [7, 11) is 0. The Morgan fingerprint density at radius 3 is 2.42 bits per heavy atom. The highest BCUT2D eigenvalue weighted by Gasteiger charge is 2.28. The van der Waals surface area contributed by atoms with Crippen molar-refractivity contribution in [2.24, 2.45) is 0 Å². The molecule has 3 aromatic rings. The number of amides is 1. The highest BCUT2D eigenvalue weighted by atomic mass is 79.9. The van der Waals surface area contributed by atoms with E-state index in [0.717, 1.165) is 32.7 Å². The molecule has 0 unspecified atom stereocenters. The second-order valence-corrected chi connectivity index (χ2v) is 6.92. The van der Waals surface area contributed by atoms with Crippen LogP contribution in [0.2, 0.25) is 0 Å². The number of carbonyl (C=O) groups excluding carboxylic acids is 1. The van der Waals surface area contributed by atoms with Crippen LogP contribution >= 0.6 is 15.9 Å². The van der Waals surface area contributed by atoms with Gasteiger partial charge in [0.2, 0.25) is 0 Å². The molecule has 4 rings (SSSR count). The quantitative estimate of drug-likeness (QED) is 0.425. The summed E-state index contributed by atoms with van der Waals surface area (Å²) in [6, 6.07) is 23.1. The molecule has 1 aliphatic heterocycles. The van der Waals surface area contributed by atoms with E-state index in [1.54, 1.807) is 6.07 Å². The first-order chi connectivity index (χ1) is 12.6. The summed E-state index contributed by atoms with van der Waals surface area (Å²) in [5.41, 5.74) is 11.3. The lowest BCUT2D eigenvalue weighted by Crippen LogP contribution is -2.10. The number of hydrogen-bond acceptors (Lipinski definition) is 3. The minimum atomic E-state index is -0.144. The van der Waals surface area contributed by atoms with Gasteiger partial charge in [-0.3, -0.25) is 4.79 Å². The molecule has 26 heavy (non-hydrogen) atoms. The average molecular weight is 406 g/mol. The number of anilines is 3. The lowest BCUT2D eigenvalue weighted by Gasteiger charge is -2.15. The highest BCUT2D eigenvalue weighted by Crippen LogP contribution is 2.38. The number of hydrogen-bond donors (Lipinski definition) is 3. The molecule has 128 valence electrons. The van der Waals surface area contributed by atoms with E-state index in [0.29, 0.717) is 11.3 Å². The Balaban J connectivity index is 1.91. The number of benzene rings is 3. The zero-order valence-corrected chi connectivity index (χ0v) is 15.4. The number of fused-ring (bicyclic) bond motifs is 1. The van der Waals surface area contributed by atoms with Gasteiger partial charge < -0.3 is 16.4 Å². The molecule has 4 nitrogen and oxygen atoms in total. The van der Waals surface area contributed by atoms with Crippen molar-refractivity contribution in [3.63, 3.8) is 0 Å². The fourth-order valence-corrected chi connectivity index (χ4v) is 3.26. The predicted molar refractivity (Wildman–Crippen MR) is 111 cm³/mol. The molecular formula is C21H16BrN3O. The van der Waals surface area contributed by atoms with Gasteiger partial charge in [0, 0.05) is 27.1 Å². The van der Waals surface area contributed by atoms with E-state index in [2.05, 4.69) is 26.6 Å². The summed E-state index contributed by atoms with van der Waals surface area (Å²) in [5.74, 6) is -0.144. The van der Waals surface area contributed by atoms with E-state index >= 15 is 0 Å². The Morgan fingerprint density at radius 2 is 1.69 bits per heavy atom. The number of halogens is 1. The van der Waals surface area contributed by atoms with Crippen molar-refractivity contribution in [2.45, 2.75) is 0 Å². The van der Waals surface area contributed by atoms with Crippen molar-refractivity contribution >= 4 is 50.2 Å². The van der Waals surface area contributed by atoms with E-state index in [9.17, 15) is 4.79 Å². The number of nitrogens with two attached hydrogens (primary N) is 1. The standard InChI is InChI=1S/C21H16BrN3O/c22-14-6-9-16(10-7-14)24-20(13-4-2-1-3-5-13)19-17-12-15(23)8-11-18(17)25-21(19)26/h1-12,24H,23H2,(H,25,26). The van der Waals surface area contributed by atoms with Crippen molar-refractivity contribution in [3.05, 3.63) is 88.4 Å². The van der Waals surface area contributed by atoms with Gasteiger partial charge >= 0.3 is 0 Å². The molecule has 0 bridgehead atoms. The van der Waals surface area contributed by atoms with Gasteiger partial charge in [0.1, 0.15) is 0 Å². The first kappa shape index (κ1) is 16.4. The molecule has 3 aromatic carbocycles. The highest BCUT2D eigenvalue weighted by molar-refractivity contribution is 9.10. The zero-order valence-electron chi connectivity index (χ0n) is 13.8. The molecule has 5 heteroatoms. The monoisotopic (exact) mass is 405 g/mol. The van der Waals surface area contributed by atoms with Gasteiger partial charge in [-0.25, -0.2) is 0 Å². The lowest BCUT2D eigenvalue weighted by molar-refractivity contribution is -0.110. The van der Waals surface area contributed by atoms with Crippen LogP contribution in [-0.2, 0) is 4.79 Å². The van der Waals surface area contributed by atoms with Crippen LogP contribution in [0.1, 0.15) is 11.1 Å².